The summed E-state index contributed by atoms with van der Waals surface area (Å²) in [6.07, 6.45) is 5.88. The number of pyridine rings is 1. The zero-order valence-electron chi connectivity index (χ0n) is 19.8. The van der Waals surface area contributed by atoms with Crippen molar-refractivity contribution in [2.75, 3.05) is 56.3 Å². The quantitative estimate of drug-likeness (QED) is 0.367. The van der Waals surface area contributed by atoms with E-state index >= 15 is 0 Å². The van der Waals surface area contributed by atoms with E-state index in [1.165, 1.54) is 0 Å². The lowest BCUT2D eigenvalue weighted by Crippen LogP contribution is -2.46. The van der Waals surface area contributed by atoms with Crippen LogP contribution in [0.1, 0.15) is 0 Å². The van der Waals surface area contributed by atoms with Crippen molar-refractivity contribution in [3.8, 4) is 17.6 Å². The molecule has 2 aromatic heterocycles. The average molecular weight is 486 g/mol. The van der Waals surface area contributed by atoms with Gasteiger partial charge in [-0.1, -0.05) is 35.6 Å². The van der Waals surface area contributed by atoms with Crippen LogP contribution < -0.4 is 14.6 Å². The standard InChI is InChI=1S/C28H28ClN5O/c1-35-28-9-3-2-8-27(28)32-20-18-31(19-21-32)14-4-7-17-34(33-15-5-6-16-33)26-12-13-30-25-22-23(29)10-11-24(25)26/h2-3,5-6,8-13,15-16,22H,14,17-21H2,1H3. The second-order valence-corrected chi connectivity index (χ2v) is 8.84. The highest BCUT2D eigenvalue weighted by Gasteiger charge is 2.19. The second kappa shape index (κ2) is 10.7. The summed E-state index contributed by atoms with van der Waals surface area (Å²) in [4.78, 5) is 9.28. The van der Waals surface area contributed by atoms with E-state index < -0.39 is 0 Å². The van der Waals surface area contributed by atoms with E-state index in [1.807, 2.05) is 67.1 Å². The minimum absolute atomic E-state index is 0.567. The molecule has 35 heavy (non-hydrogen) atoms. The molecule has 3 heterocycles. The first-order valence-corrected chi connectivity index (χ1v) is 12.1. The van der Waals surface area contributed by atoms with E-state index in [0.717, 1.165) is 60.8 Å². The molecule has 0 unspecified atom stereocenters. The van der Waals surface area contributed by atoms with Gasteiger partial charge in [-0.15, -0.1) is 0 Å². The summed E-state index contributed by atoms with van der Waals surface area (Å²) in [6.45, 7) is 5.20. The highest BCUT2D eigenvalue weighted by molar-refractivity contribution is 6.31. The molecule has 0 N–H and O–H groups in total. The second-order valence-electron chi connectivity index (χ2n) is 8.40. The summed E-state index contributed by atoms with van der Waals surface area (Å²) in [5, 5.41) is 3.88. The Hall–Kier alpha value is -3.66. The number of ether oxygens (including phenoxy) is 1. The third-order valence-electron chi connectivity index (χ3n) is 6.28. The highest BCUT2D eigenvalue weighted by atomic mass is 35.5. The Morgan fingerprint density at radius 2 is 1.77 bits per heavy atom. The molecule has 0 atom stereocenters. The van der Waals surface area contributed by atoms with Gasteiger partial charge in [0.25, 0.3) is 0 Å². The summed E-state index contributed by atoms with van der Waals surface area (Å²) in [6, 6.07) is 20.1. The summed E-state index contributed by atoms with van der Waals surface area (Å²) in [5.74, 6) is 7.71. The maximum Gasteiger partial charge on any atom is 0.142 e. The lowest BCUT2D eigenvalue weighted by Gasteiger charge is -2.35. The third kappa shape index (κ3) is 5.22. The summed E-state index contributed by atoms with van der Waals surface area (Å²) in [5.41, 5.74) is 3.07. The first kappa shape index (κ1) is 23.1. The maximum absolute atomic E-state index is 6.19. The molecule has 2 aromatic carbocycles. The molecule has 0 radical (unpaired) electrons. The van der Waals surface area contributed by atoms with Gasteiger partial charge < -0.3 is 9.64 Å². The molecule has 0 saturated carbocycles. The van der Waals surface area contributed by atoms with Crippen LogP contribution in [0.15, 0.2) is 79.3 Å². The lowest BCUT2D eigenvalue weighted by atomic mass is 10.2. The van der Waals surface area contributed by atoms with Crippen LogP contribution in [0.3, 0.4) is 0 Å². The number of para-hydroxylation sites is 2. The number of aromatic nitrogens is 2. The predicted molar refractivity (Wildman–Crippen MR) is 143 cm³/mol. The molecule has 0 bridgehead atoms. The van der Waals surface area contributed by atoms with Crippen molar-refractivity contribution in [2.24, 2.45) is 0 Å². The van der Waals surface area contributed by atoms with E-state index in [-0.39, 0.29) is 0 Å². The fourth-order valence-electron chi connectivity index (χ4n) is 4.45. The topological polar surface area (TPSA) is 36.8 Å². The highest BCUT2D eigenvalue weighted by Crippen LogP contribution is 2.29. The Kier molecular flexibility index (Phi) is 7.08. The maximum atomic E-state index is 6.19. The molecule has 0 aliphatic carbocycles. The van der Waals surface area contributed by atoms with Crippen molar-refractivity contribution in [3.05, 3.63) is 84.3 Å². The Labute approximate surface area is 211 Å². The summed E-state index contributed by atoms with van der Waals surface area (Å²) in [7, 11) is 1.73. The number of piperazine rings is 1. The van der Waals surface area contributed by atoms with Crippen molar-refractivity contribution in [3.63, 3.8) is 0 Å². The number of hydrogen-bond acceptors (Lipinski definition) is 5. The molecule has 1 aliphatic rings. The number of fused-ring (bicyclic) bond motifs is 1. The van der Waals surface area contributed by atoms with E-state index in [4.69, 9.17) is 16.3 Å². The van der Waals surface area contributed by atoms with Crippen molar-refractivity contribution >= 4 is 33.9 Å². The molecule has 178 valence electrons. The molecular formula is C28H28ClN5O. The van der Waals surface area contributed by atoms with Gasteiger partial charge in [0.05, 0.1) is 30.5 Å². The van der Waals surface area contributed by atoms with Gasteiger partial charge in [0.2, 0.25) is 0 Å². The largest absolute Gasteiger partial charge is 0.495 e. The van der Waals surface area contributed by atoms with Gasteiger partial charge in [0.1, 0.15) is 12.3 Å². The van der Waals surface area contributed by atoms with Gasteiger partial charge in [-0.05, 0) is 48.5 Å². The summed E-state index contributed by atoms with van der Waals surface area (Å²) < 4.78 is 7.59. The van der Waals surface area contributed by atoms with Crippen LogP contribution in [0, 0.1) is 11.8 Å². The monoisotopic (exact) mass is 485 g/mol. The molecular weight excluding hydrogens is 458 g/mol. The smallest absolute Gasteiger partial charge is 0.142 e. The molecule has 4 aromatic rings. The number of hydrogen-bond donors (Lipinski definition) is 0. The van der Waals surface area contributed by atoms with E-state index in [1.54, 1.807) is 7.11 Å². The van der Waals surface area contributed by atoms with E-state index in [2.05, 4.69) is 48.4 Å². The third-order valence-corrected chi connectivity index (χ3v) is 6.52. The SMILES string of the molecule is COc1ccccc1N1CCN(CC#CCN(c2ccnc3cc(Cl)ccc23)n2cccc2)CC1. The van der Waals surface area contributed by atoms with Crippen molar-refractivity contribution < 1.29 is 4.74 Å². The van der Waals surface area contributed by atoms with Crippen LogP contribution in [-0.2, 0) is 0 Å². The van der Waals surface area contributed by atoms with Crippen LogP contribution >= 0.6 is 11.6 Å². The Morgan fingerprint density at radius 1 is 0.971 bits per heavy atom. The number of methoxy groups -OCH3 is 1. The number of anilines is 2. The number of benzene rings is 2. The Bertz CT molecular complexity index is 1340. The van der Waals surface area contributed by atoms with Gasteiger partial charge in [-0.3, -0.25) is 19.6 Å². The van der Waals surface area contributed by atoms with Gasteiger partial charge in [-0.25, -0.2) is 0 Å². The van der Waals surface area contributed by atoms with Gasteiger partial charge in [0.15, 0.2) is 0 Å². The van der Waals surface area contributed by atoms with Crippen molar-refractivity contribution in [1.29, 1.82) is 0 Å². The molecule has 1 fully saturated rings. The zero-order valence-corrected chi connectivity index (χ0v) is 20.5. The summed E-state index contributed by atoms with van der Waals surface area (Å²) >= 11 is 6.19. The predicted octanol–water partition coefficient (Wildman–Crippen LogP) is 4.79. The number of halogens is 1. The molecule has 7 heteroatoms. The van der Waals surface area contributed by atoms with E-state index in [0.29, 0.717) is 11.6 Å². The van der Waals surface area contributed by atoms with Crippen molar-refractivity contribution in [1.82, 2.24) is 14.6 Å². The van der Waals surface area contributed by atoms with Gasteiger partial charge in [-0.2, -0.15) is 0 Å². The van der Waals surface area contributed by atoms with Crippen LogP contribution in [0.4, 0.5) is 11.4 Å². The Morgan fingerprint density at radius 3 is 2.57 bits per heavy atom. The molecule has 0 spiro atoms. The van der Waals surface area contributed by atoms with Crippen LogP contribution in [-0.4, -0.2) is 60.9 Å². The zero-order chi connectivity index (χ0) is 24.0. The molecule has 1 aliphatic heterocycles. The lowest BCUT2D eigenvalue weighted by molar-refractivity contribution is 0.287. The van der Waals surface area contributed by atoms with Crippen LogP contribution in [0.25, 0.3) is 10.9 Å². The molecule has 5 rings (SSSR count). The van der Waals surface area contributed by atoms with Gasteiger partial charge >= 0.3 is 0 Å². The Balaban J connectivity index is 1.25. The number of rotatable bonds is 6. The first-order chi connectivity index (χ1) is 17.2. The fourth-order valence-corrected chi connectivity index (χ4v) is 4.61. The minimum Gasteiger partial charge on any atom is -0.495 e. The molecule has 1 saturated heterocycles. The normalized spacial score (nSPS) is 13.9. The van der Waals surface area contributed by atoms with Crippen LogP contribution in [0.5, 0.6) is 5.75 Å². The van der Waals surface area contributed by atoms with E-state index in [9.17, 15) is 0 Å². The van der Waals surface area contributed by atoms with Gasteiger partial charge in [0, 0.05) is 55.2 Å². The molecule has 6 nitrogen and oxygen atoms in total. The molecule has 0 amide bonds. The fraction of sp³-hybridized carbons (Fsp3) is 0.250. The average Bonchev–Trinajstić information content (AvgIpc) is 3.43. The minimum atomic E-state index is 0.567. The number of nitrogens with zero attached hydrogens (tertiary/aromatic N) is 5. The van der Waals surface area contributed by atoms with Crippen molar-refractivity contribution in [2.45, 2.75) is 0 Å². The van der Waals surface area contributed by atoms with Crippen LogP contribution in [0.2, 0.25) is 5.02 Å². The first-order valence-electron chi connectivity index (χ1n) is 11.7.